The number of nitrogens with one attached hydrogen (secondary N) is 1. The Balaban J connectivity index is 1.86. The number of nitrogens with zero attached hydrogens (tertiary/aromatic N) is 1. The maximum Gasteiger partial charge on any atom is 0.270 e. The third kappa shape index (κ3) is 3.13. The van der Waals surface area contributed by atoms with Gasteiger partial charge >= 0.3 is 0 Å². The summed E-state index contributed by atoms with van der Waals surface area (Å²) in [4.78, 5) is 15.8. The summed E-state index contributed by atoms with van der Waals surface area (Å²) in [6.07, 6.45) is 0.474. The second-order valence-corrected chi connectivity index (χ2v) is 4.91. The Bertz CT molecular complexity index is 553. The van der Waals surface area contributed by atoms with Crippen LogP contribution in [0.25, 0.3) is 0 Å². The molecule has 0 aliphatic carbocycles. The van der Waals surface area contributed by atoms with Crippen LogP contribution in [0.5, 0.6) is 0 Å². The highest BCUT2D eigenvalue weighted by molar-refractivity contribution is 7.09. The highest BCUT2D eigenvalue weighted by Gasteiger charge is 2.08. The highest BCUT2D eigenvalue weighted by atomic mass is 32.1. The van der Waals surface area contributed by atoms with Gasteiger partial charge in [0.15, 0.2) is 0 Å². The minimum absolute atomic E-state index is 0.212. The molecule has 0 spiro atoms. The third-order valence-electron chi connectivity index (χ3n) is 2.49. The highest BCUT2D eigenvalue weighted by Crippen LogP contribution is 2.08. The maximum atomic E-state index is 13.3. The van der Waals surface area contributed by atoms with Crippen LogP contribution in [0, 0.1) is 12.7 Å². The van der Waals surface area contributed by atoms with Crippen molar-refractivity contribution in [2.45, 2.75) is 13.3 Å². The van der Waals surface area contributed by atoms with Crippen molar-refractivity contribution >= 4 is 17.2 Å². The van der Waals surface area contributed by atoms with Gasteiger partial charge in [0.05, 0.1) is 5.01 Å². The normalized spacial score (nSPS) is 10.3. The van der Waals surface area contributed by atoms with Crippen LogP contribution in [0.1, 0.15) is 21.1 Å². The lowest BCUT2D eigenvalue weighted by atomic mass is 10.1. The maximum absolute atomic E-state index is 13.3. The Morgan fingerprint density at radius 2 is 2.22 bits per heavy atom. The summed E-state index contributed by atoms with van der Waals surface area (Å²) in [6, 6.07) is 6.56. The van der Waals surface area contributed by atoms with Crippen molar-refractivity contribution in [3.63, 3.8) is 0 Å². The van der Waals surface area contributed by atoms with Crippen molar-refractivity contribution in [3.05, 3.63) is 51.7 Å². The molecule has 0 atom stereocenters. The van der Waals surface area contributed by atoms with Crippen LogP contribution in [-0.4, -0.2) is 17.4 Å². The fourth-order valence-corrected chi connectivity index (χ4v) is 2.16. The lowest BCUT2D eigenvalue weighted by molar-refractivity contribution is 0.0949. The molecule has 2 aromatic rings. The molecule has 0 radical (unpaired) electrons. The molecule has 0 saturated heterocycles. The van der Waals surface area contributed by atoms with Gasteiger partial charge in [0.25, 0.3) is 5.91 Å². The number of aromatic nitrogens is 1. The summed E-state index contributed by atoms with van der Waals surface area (Å²) in [7, 11) is 0. The first-order chi connectivity index (χ1) is 8.66. The molecule has 1 amide bonds. The number of hydrogen-bond donors (Lipinski definition) is 1. The van der Waals surface area contributed by atoms with Gasteiger partial charge < -0.3 is 5.32 Å². The van der Waals surface area contributed by atoms with Crippen LogP contribution < -0.4 is 5.32 Å². The number of carbonyl (C=O) groups excluding carboxylic acids is 1. The molecule has 0 saturated carbocycles. The quantitative estimate of drug-likeness (QED) is 0.922. The lowest BCUT2D eigenvalue weighted by Gasteiger charge is -2.04. The van der Waals surface area contributed by atoms with Crippen molar-refractivity contribution in [1.82, 2.24) is 10.3 Å². The van der Waals surface area contributed by atoms with Gasteiger partial charge in [-0.25, -0.2) is 9.37 Å². The van der Waals surface area contributed by atoms with Crippen LogP contribution in [0.4, 0.5) is 4.39 Å². The summed E-state index contributed by atoms with van der Waals surface area (Å²) in [5.41, 5.74) is 1.03. The summed E-state index contributed by atoms with van der Waals surface area (Å²) in [5, 5.41) is 5.30. The topological polar surface area (TPSA) is 42.0 Å². The number of carbonyl (C=O) groups is 1. The Morgan fingerprint density at radius 3 is 2.89 bits per heavy atom. The number of rotatable bonds is 4. The molecule has 1 heterocycles. The second kappa shape index (κ2) is 5.73. The molecule has 0 aliphatic rings. The zero-order chi connectivity index (χ0) is 13.0. The van der Waals surface area contributed by atoms with Crippen LogP contribution >= 0.6 is 11.3 Å². The lowest BCUT2D eigenvalue weighted by Crippen LogP contribution is -2.26. The predicted octanol–water partition coefficient (Wildman–Crippen LogP) is 2.56. The van der Waals surface area contributed by atoms with E-state index >= 15 is 0 Å². The van der Waals surface area contributed by atoms with E-state index in [-0.39, 0.29) is 11.7 Å². The van der Waals surface area contributed by atoms with E-state index in [4.69, 9.17) is 0 Å². The smallest absolute Gasteiger partial charge is 0.270 e. The number of hydrogen-bond acceptors (Lipinski definition) is 3. The summed E-state index contributed by atoms with van der Waals surface area (Å²) < 4.78 is 13.3. The zero-order valence-corrected chi connectivity index (χ0v) is 10.8. The van der Waals surface area contributed by atoms with Gasteiger partial charge in [-0.3, -0.25) is 4.79 Å². The summed E-state index contributed by atoms with van der Waals surface area (Å²) in [5.74, 6) is -0.452. The van der Waals surface area contributed by atoms with Crippen molar-refractivity contribution in [2.75, 3.05) is 6.54 Å². The number of benzene rings is 1. The molecule has 1 N–H and O–H groups in total. The molecule has 0 unspecified atom stereocenters. The number of aryl methyl sites for hydroxylation is 1. The van der Waals surface area contributed by atoms with Crippen molar-refractivity contribution < 1.29 is 9.18 Å². The van der Waals surface area contributed by atoms with Crippen LogP contribution in [-0.2, 0) is 6.42 Å². The predicted molar refractivity (Wildman–Crippen MR) is 69.3 cm³/mol. The van der Waals surface area contributed by atoms with Gasteiger partial charge in [-0.05, 0) is 25.0 Å². The van der Waals surface area contributed by atoms with Crippen molar-refractivity contribution in [3.8, 4) is 0 Å². The Kier molecular flexibility index (Phi) is 4.04. The van der Waals surface area contributed by atoms with E-state index in [0.29, 0.717) is 24.2 Å². The molecule has 3 nitrogen and oxygen atoms in total. The van der Waals surface area contributed by atoms with Gasteiger partial charge in [0.1, 0.15) is 11.5 Å². The van der Waals surface area contributed by atoms with Gasteiger partial charge in [-0.1, -0.05) is 18.2 Å². The molecule has 1 aromatic heterocycles. The van der Waals surface area contributed by atoms with E-state index in [0.717, 1.165) is 5.01 Å². The zero-order valence-electron chi connectivity index (χ0n) is 9.94. The van der Waals surface area contributed by atoms with Gasteiger partial charge in [-0.2, -0.15) is 0 Å². The SMILES string of the molecule is Cc1nc(C(=O)NCCc2ccccc2F)cs1. The number of halogens is 1. The molecule has 94 valence electrons. The molecule has 5 heteroatoms. The van der Waals surface area contributed by atoms with Gasteiger partial charge in [0.2, 0.25) is 0 Å². The number of amides is 1. The molecule has 2 rings (SSSR count). The first-order valence-electron chi connectivity index (χ1n) is 5.60. The van der Waals surface area contributed by atoms with E-state index in [9.17, 15) is 9.18 Å². The summed E-state index contributed by atoms with van der Waals surface area (Å²) in [6.45, 7) is 2.25. The van der Waals surface area contributed by atoms with Crippen molar-refractivity contribution in [1.29, 1.82) is 0 Å². The second-order valence-electron chi connectivity index (χ2n) is 3.85. The molecule has 0 fully saturated rings. The third-order valence-corrected chi connectivity index (χ3v) is 3.26. The first-order valence-corrected chi connectivity index (χ1v) is 6.48. The molecule has 0 bridgehead atoms. The molecule has 0 aliphatic heterocycles. The van der Waals surface area contributed by atoms with Crippen molar-refractivity contribution in [2.24, 2.45) is 0 Å². The largest absolute Gasteiger partial charge is 0.350 e. The monoisotopic (exact) mass is 264 g/mol. The average Bonchev–Trinajstić information content (AvgIpc) is 2.78. The first kappa shape index (κ1) is 12.7. The Labute approximate surface area is 109 Å². The molecular weight excluding hydrogens is 251 g/mol. The van der Waals surface area contributed by atoms with E-state index in [1.807, 2.05) is 6.92 Å². The molecule has 18 heavy (non-hydrogen) atoms. The van der Waals surface area contributed by atoms with Crippen LogP contribution in [0.15, 0.2) is 29.6 Å². The fourth-order valence-electron chi connectivity index (χ4n) is 1.57. The minimum atomic E-state index is -0.240. The van der Waals surface area contributed by atoms with Gasteiger partial charge in [-0.15, -0.1) is 11.3 Å². The standard InChI is InChI=1S/C13H13FN2OS/c1-9-16-12(8-18-9)13(17)15-7-6-10-4-2-3-5-11(10)14/h2-5,8H,6-7H2,1H3,(H,15,17). The Hall–Kier alpha value is -1.75. The summed E-state index contributed by atoms with van der Waals surface area (Å²) >= 11 is 1.43. The van der Waals surface area contributed by atoms with E-state index in [1.54, 1.807) is 23.6 Å². The fraction of sp³-hybridized carbons (Fsp3) is 0.231. The molecular formula is C13H13FN2OS. The van der Waals surface area contributed by atoms with E-state index < -0.39 is 0 Å². The Morgan fingerprint density at radius 1 is 1.44 bits per heavy atom. The van der Waals surface area contributed by atoms with Gasteiger partial charge in [0, 0.05) is 11.9 Å². The van der Waals surface area contributed by atoms with E-state index in [2.05, 4.69) is 10.3 Å². The van der Waals surface area contributed by atoms with Crippen LogP contribution in [0.2, 0.25) is 0 Å². The molecule has 1 aromatic carbocycles. The van der Waals surface area contributed by atoms with E-state index in [1.165, 1.54) is 17.4 Å². The number of thiazole rings is 1. The minimum Gasteiger partial charge on any atom is -0.350 e. The van der Waals surface area contributed by atoms with Crippen LogP contribution in [0.3, 0.4) is 0 Å². The average molecular weight is 264 g/mol.